The van der Waals surface area contributed by atoms with Crippen molar-refractivity contribution in [3.05, 3.63) is 0 Å². The number of aliphatic hydroxyl groups excluding tert-OH is 3. The minimum absolute atomic E-state index is 0.0191. The molecule has 0 bridgehead atoms. The predicted octanol–water partition coefficient (Wildman–Crippen LogP) is -0.264. The smallest absolute Gasteiger partial charge is 0.116 e. The number of aliphatic hydroxyl groups is 3. The molecular weight excluding hydrogens is 473 g/mol. The second-order valence-corrected chi connectivity index (χ2v) is 13.3. The summed E-state index contributed by atoms with van der Waals surface area (Å²) in [6.07, 6.45) is 0. The highest BCUT2D eigenvalue weighted by atomic mass is 31.2. The van der Waals surface area contributed by atoms with E-state index in [0.717, 1.165) is 33.1 Å². The summed E-state index contributed by atoms with van der Waals surface area (Å²) < 4.78 is 11.1. The van der Waals surface area contributed by atoms with Crippen molar-refractivity contribution in [2.75, 3.05) is 81.7 Å². The maximum atomic E-state index is 9.05. The van der Waals surface area contributed by atoms with Crippen molar-refractivity contribution in [3.63, 3.8) is 0 Å². The van der Waals surface area contributed by atoms with Crippen LogP contribution in [-0.4, -0.2) is 127 Å². The lowest BCUT2D eigenvalue weighted by Crippen LogP contribution is -2.57. The lowest BCUT2D eigenvalue weighted by Gasteiger charge is -2.42. The Morgan fingerprint density at radius 2 is 0.657 bits per heavy atom. The molecule has 0 spiro atoms. The summed E-state index contributed by atoms with van der Waals surface area (Å²) in [6.45, 7) is 22.8. The number of hydrogen-bond acceptors (Lipinski definition) is 7. The topological polar surface area (TPSA) is 147 Å². The molecule has 0 heterocycles. The second kappa shape index (κ2) is 16.0. The average Bonchev–Trinajstić information content (AvgIpc) is 2.72. The van der Waals surface area contributed by atoms with Gasteiger partial charge < -0.3 is 48.0 Å². The van der Waals surface area contributed by atoms with Crippen LogP contribution in [0.3, 0.4) is 0 Å². The van der Waals surface area contributed by atoms with Gasteiger partial charge in [-0.15, -0.1) is 0 Å². The third kappa shape index (κ3) is 17.1. The largest absolute Gasteiger partial charge is 0.822 e. The van der Waals surface area contributed by atoms with Gasteiger partial charge in [0.05, 0.1) is 81.7 Å². The SMILES string of the molecule is CC[N+](C)(C)C(C)(C)CO.CC[N+](C)(C)C(C)(C)CO.CC[N+](C)(C)C(C)(C)CO.O=P([O-])([O-])[O-]. The van der Waals surface area contributed by atoms with Crippen LogP contribution in [0.4, 0.5) is 0 Å². The minimum atomic E-state index is -5.39. The maximum Gasteiger partial charge on any atom is 0.116 e. The van der Waals surface area contributed by atoms with Gasteiger partial charge in [-0.05, 0) is 62.3 Å². The first-order chi connectivity index (χ1) is 15.1. The Labute approximate surface area is 216 Å². The van der Waals surface area contributed by atoms with Gasteiger partial charge in [-0.3, -0.25) is 0 Å². The normalized spacial score (nSPS) is 13.5. The Hall–Kier alpha value is -0.130. The molecule has 0 aromatic heterocycles. The highest BCUT2D eigenvalue weighted by Gasteiger charge is 2.35. The van der Waals surface area contributed by atoms with Crippen molar-refractivity contribution >= 4 is 7.82 Å². The van der Waals surface area contributed by atoms with E-state index in [4.69, 9.17) is 34.6 Å². The highest BCUT2D eigenvalue weighted by molar-refractivity contribution is 7.40. The molecule has 0 radical (unpaired) electrons. The zero-order valence-corrected chi connectivity index (χ0v) is 26.4. The Balaban J connectivity index is -0.000000188. The van der Waals surface area contributed by atoms with Crippen LogP contribution in [0.5, 0.6) is 0 Å². The molecule has 0 fully saturated rings. The molecule has 0 amide bonds. The number of hydrogen-bond donors (Lipinski definition) is 3. The molecule has 0 unspecified atom stereocenters. The van der Waals surface area contributed by atoms with E-state index in [1.807, 2.05) is 0 Å². The van der Waals surface area contributed by atoms with Crippen LogP contribution < -0.4 is 14.7 Å². The fourth-order valence-electron chi connectivity index (χ4n) is 1.86. The molecule has 218 valence electrons. The molecule has 3 N–H and O–H groups in total. The first-order valence-corrected chi connectivity index (χ1v) is 13.6. The third-order valence-corrected chi connectivity index (χ3v) is 8.45. The molecule has 0 rings (SSSR count). The Morgan fingerprint density at radius 3 is 0.686 bits per heavy atom. The van der Waals surface area contributed by atoms with Crippen molar-refractivity contribution in [1.29, 1.82) is 0 Å². The fourth-order valence-corrected chi connectivity index (χ4v) is 1.86. The lowest BCUT2D eigenvalue weighted by atomic mass is 10.0. The molecule has 10 nitrogen and oxygen atoms in total. The molecule has 0 aliphatic carbocycles. The molecule has 0 saturated carbocycles. The van der Waals surface area contributed by atoms with Crippen LogP contribution in [0.2, 0.25) is 0 Å². The minimum Gasteiger partial charge on any atom is -0.822 e. The monoisotopic (exact) mass is 533 g/mol. The van der Waals surface area contributed by atoms with Gasteiger partial charge in [-0.25, -0.2) is 0 Å². The summed E-state index contributed by atoms with van der Waals surface area (Å²) >= 11 is 0. The van der Waals surface area contributed by atoms with Gasteiger partial charge in [-0.2, -0.15) is 7.82 Å². The van der Waals surface area contributed by atoms with E-state index >= 15 is 0 Å². The molecule has 0 aromatic carbocycles. The fraction of sp³-hybridized carbons (Fsp3) is 1.00. The summed E-state index contributed by atoms with van der Waals surface area (Å²) in [7, 11) is 7.42. The molecule has 11 heteroatoms. The van der Waals surface area contributed by atoms with Crippen molar-refractivity contribution in [2.24, 2.45) is 0 Å². The molecule has 0 aliphatic heterocycles. The zero-order valence-electron chi connectivity index (χ0n) is 25.5. The first-order valence-electron chi connectivity index (χ1n) is 12.2. The van der Waals surface area contributed by atoms with E-state index in [9.17, 15) is 0 Å². The van der Waals surface area contributed by atoms with Crippen molar-refractivity contribution in [3.8, 4) is 0 Å². The van der Waals surface area contributed by atoms with Gasteiger partial charge in [0.25, 0.3) is 0 Å². The van der Waals surface area contributed by atoms with Crippen molar-refractivity contribution in [2.45, 2.75) is 78.9 Å². The van der Waals surface area contributed by atoms with E-state index in [-0.39, 0.29) is 36.4 Å². The van der Waals surface area contributed by atoms with Gasteiger partial charge in [0.2, 0.25) is 0 Å². The molecule has 0 aliphatic rings. The van der Waals surface area contributed by atoms with Gasteiger partial charge in [0.15, 0.2) is 0 Å². The van der Waals surface area contributed by atoms with Gasteiger partial charge in [-0.1, -0.05) is 0 Å². The maximum absolute atomic E-state index is 9.05. The van der Waals surface area contributed by atoms with Crippen LogP contribution in [0.25, 0.3) is 0 Å². The van der Waals surface area contributed by atoms with E-state index < -0.39 is 7.82 Å². The number of phosphoric acid groups is 1. The van der Waals surface area contributed by atoms with E-state index in [2.05, 4.69) is 105 Å². The highest BCUT2D eigenvalue weighted by Crippen LogP contribution is 2.19. The van der Waals surface area contributed by atoms with Gasteiger partial charge >= 0.3 is 0 Å². The first kappa shape index (κ1) is 42.0. The molecule has 35 heavy (non-hydrogen) atoms. The quantitative estimate of drug-likeness (QED) is 0.273. The average molecular weight is 534 g/mol. The van der Waals surface area contributed by atoms with Crippen LogP contribution in [0.1, 0.15) is 62.3 Å². The van der Waals surface area contributed by atoms with E-state index in [1.165, 1.54) is 0 Å². The zero-order chi connectivity index (χ0) is 29.7. The van der Waals surface area contributed by atoms with Crippen LogP contribution in [0, 0.1) is 0 Å². The molecule has 0 aromatic rings. The standard InChI is InChI=1S/3C8H20NO.H3O4P/c3*1-6-9(4,5)8(2,3)7-10;1-5(2,3)4/h3*10H,6-7H2,1-5H3;(H3,1,2,3,4)/q3*+1;/p-3. The Kier molecular flexibility index (Phi) is 19.2. The van der Waals surface area contributed by atoms with Gasteiger partial charge in [0.1, 0.15) is 16.6 Å². The summed E-state index contributed by atoms with van der Waals surface area (Å²) in [4.78, 5) is 25.6. The number of quaternary nitrogens is 3. The molecule has 0 saturated heterocycles. The number of nitrogens with zero attached hydrogens (tertiary/aromatic N) is 3. The second-order valence-electron chi connectivity index (χ2n) is 12.4. The summed E-state index contributed by atoms with van der Waals surface area (Å²) in [5.41, 5.74) is -0.0573. The van der Waals surface area contributed by atoms with E-state index in [1.54, 1.807) is 0 Å². The van der Waals surface area contributed by atoms with Crippen LogP contribution in [-0.2, 0) is 4.57 Å². The molecule has 0 atom stereocenters. The van der Waals surface area contributed by atoms with Crippen molar-refractivity contribution < 1.29 is 48.0 Å². The van der Waals surface area contributed by atoms with Crippen molar-refractivity contribution in [1.82, 2.24) is 0 Å². The Bertz CT molecular complexity index is 485. The number of likely N-dealkylation sites (N-methyl/N-ethyl adjacent to an activating group) is 3. The summed E-state index contributed by atoms with van der Waals surface area (Å²) in [5.74, 6) is 0. The summed E-state index contributed by atoms with van der Waals surface area (Å²) in [6, 6.07) is 0. The third-order valence-electron chi connectivity index (χ3n) is 8.45. The van der Waals surface area contributed by atoms with E-state index in [0.29, 0.717) is 0 Å². The lowest BCUT2D eigenvalue weighted by molar-refractivity contribution is -0.936. The number of rotatable bonds is 9. The van der Waals surface area contributed by atoms with Crippen LogP contribution in [0.15, 0.2) is 0 Å². The van der Waals surface area contributed by atoms with Gasteiger partial charge in [0, 0.05) is 0 Å². The molecular formula is C24H60N3O7P. The predicted molar refractivity (Wildman–Crippen MR) is 139 cm³/mol. The summed E-state index contributed by atoms with van der Waals surface area (Å²) in [5, 5.41) is 27.1. The van der Waals surface area contributed by atoms with Crippen LogP contribution >= 0.6 is 7.82 Å². The Morgan fingerprint density at radius 1 is 0.543 bits per heavy atom.